The minimum absolute atomic E-state index is 0.877. The van der Waals surface area contributed by atoms with Crippen LogP contribution in [0.5, 0.6) is 0 Å². The Balaban J connectivity index is 1.83. The summed E-state index contributed by atoms with van der Waals surface area (Å²) in [6, 6.07) is 20.5. The van der Waals surface area contributed by atoms with Gasteiger partial charge < -0.3 is 5.32 Å². The van der Waals surface area contributed by atoms with Gasteiger partial charge in [0, 0.05) is 27.5 Å². The molecule has 4 rings (SSSR count). The molecule has 0 unspecified atom stereocenters. The zero-order chi connectivity index (χ0) is 17.9. The van der Waals surface area contributed by atoms with Crippen molar-refractivity contribution in [3.05, 3.63) is 77.0 Å². The fourth-order valence-corrected chi connectivity index (χ4v) is 3.25. The maximum absolute atomic E-state index is 4.87. The van der Waals surface area contributed by atoms with E-state index in [2.05, 4.69) is 51.5 Å². The zero-order valence-electron chi connectivity index (χ0n) is 14.5. The van der Waals surface area contributed by atoms with Crippen LogP contribution in [0.25, 0.3) is 16.8 Å². The Labute approximate surface area is 161 Å². The van der Waals surface area contributed by atoms with Crippen molar-refractivity contribution in [3.8, 4) is 11.1 Å². The van der Waals surface area contributed by atoms with Crippen molar-refractivity contribution in [2.75, 3.05) is 5.32 Å². The van der Waals surface area contributed by atoms with E-state index < -0.39 is 0 Å². The lowest BCUT2D eigenvalue weighted by Gasteiger charge is -2.11. The summed E-state index contributed by atoms with van der Waals surface area (Å²) in [6.45, 7) is 2.17. The monoisotopic (exact) mass is 406 g/mol. The summed E-state index contributed by atoms with van der Waals surface area (Å²) in [4.78, 5) is 4.87. The van der Waals surface area contributed by atoms with Gasteiger partial charge in [-0.2, -0.15) is 9.61 Å². The lowest BCUT2D eigenvalue weighted by Crippen LogP contribution is -2.04. The number of nitrogens with one attached hydrogen (secondary N) is 1. The summed E-state index contributed by atoms with van der Waals surface area (Å²) in [6.07, 6.45) is 3.88. The smallest absolute Gasteiger partial charge is 0.165 e. The SMILES string of the molecule is CCCc1cc(Nc2ccc(Br)cc2)n2ncc(-c3ccccc3)c2n1. The second kappa shape index (κ2) is 7.30. The Morgan fingerprint density at radius 2 is 1.81 bits per heavy atom. The Bertz CT molecular complexity index is 1020. The molecule has 2 aromatic heterocycles. The number of hydrogen-bond donors (Lipinski definition) is 1. The summed E-state index contributed by atoms with van der Waals surface area (Å²) in [5.41, 5.74) is 5.12. The molecule has 2 aromatic carbocycles. The van der Waals surface area contributed by atoms with Crippen molar-refractivity contribution in [2.45, 2.75) is 19.8 Å². The first-order chi connectivity index (χ1) is 12.7. The third-order valence-corrected chi connectivity index (χ3v) is 4.76. The summed E-state index contributed by atoms with van der Waals surface area (Å²) in [7, 11) is 0. The molecule has 130 valence electrons. The van der Waals surface area contributed by atoms with Gasteiger partial charge in [-0.05, 0) is 36.2 Å². The molecule has 0 atom stereocenters. The van der Waals surface area contributed by atoms with Crippen molar-refractivity contribution < 1.29 is 0 Å². The van der Waals surface area contributed by atoms with Gasteiger partial charge in [0.25, 0.3) is 0 Å². The Morgan fingerprint density at radius 1 is 1.04 bits per heavy atom. The van der Waals surface area contributed by atoms with E-state index in [4.69, 9.17) is 4.98 Å². The third kappa shape index (κ3) is 3.35. The fraction of sp³-hybridized carbons (Fsp3) is 0.143. The molecule has 0 saturated heterocycles. The first kappa shape index (κ1) is 16.8. The van der Waals surface area contributed by atoms with Crippen LogP contribution in [0.2, 0.25) is 0 Å². The van der Waals surface area contributed by atoms with Gasteiger partial charge in [-0.15, -0.1) is 0 Å². The number of anilines is 2. The maximum atomic E-state index is 4.87. The van der Waals surface area contributed by atoms with E-state index in [9.17, 15) is 0 Å². The van der Waals surface area contributed by atoms with E-state index in [-0.39, 0.29) is 0 Å². The molecule has 0 saturated carbocycles. The number of aryl methyl sites for hydroxylation is 1. The predicted molar refractivity (Wildman–Crippen MR) is 110 cm³/mol. The van der Waals surface area contributed by atoms with Crippen LogP contribution in [0.1, 0.15) is 19.0 Å². The minimum Gasteiger partial charge on any atom is -0.340 e. The van der Waals surface area contributed by atoms with Crippen LogP contribution < -0.4 is 5.32 Å². The number of hydrogen-bond acceptors (Lipinski definition) is 3. The quantitative estimate of drug-likeness (QED) is 0.451. The third-order valence-electron chi connectivity index (χ3n) is 4.23. The topological polar surface area (TPSA) is 42.2 Å². The molecule has 0 fully saturated rings. The van der Waals surface area contributed by atoms with Crippen LogP contribution in [0.15, 0.2) is 71.3 Å². The average molecular weight is 407 g/mol. The van der Waals surface area contributed by atoms with Crippen LogP contribution in [-0.4, -0.2) is 14.6 Å². The fourth-order valence-electron chi connectivity index (χ4n) is 2.99. The van der Waals surface area contributed by atoms with Crippen molar-refractivity contribution in [3.63, 3.8) is 0 Å². The van der Waals surface area contributed by atoms with Crippen molar-refractivity contribution in [1.29, 1.82) is 0 Å². The van der Waals surface area contributed by atoms with Crippen LogP contribution in [0.3, 0.4) is 0 Å². The Morgan fingerprint density at radius 3 is 2.54 bits per heavy atom. The molecule has 0 amide bonds. The molecule has 0 bridgehead atoms. The van der Waals surface area contributed by atoms with Crippen LogP contribution in [-0.2, 0) is 6.42 Å². The number of rotatable bonds is 5. The molecule has 26 heavy (non-hydrogen) atoms. The molecule has 0 radical (unpaired) electrons. The van der Waals surface area contributed by atoms with E-state index in [1.54, 1.807) is 0 Å². The molecule has 0 aliphatic heterocycles. The molecule has 4 nitrogen and oxygen atoms in total. The normalized spacial score (nSPS) is 11.0. The molecule has 4 aromatic rings. The number of fused-ring (bicyclic) bond motifs is 1. The van der Waals surface area contributed by atoms with Gasteiger partial charge in [0.2, 0.25) is 0 Å². The number of halogens is 1. The number of aromatic nitrogens is 3. The van der Waals surface area contributed by atoms with Gasteiger partial charge in [-0.25, -0.2) is 4.98 Å². The number of benzene rings is 2. The Hall–Kier alpha value is -2.66. The first-order valence-electron chi connectivity index (χ1n) is 8.70. The van der Waals surface area contributed by atoms with Gasteiger partial charge in [0.15, 0.2) is 5.65 Å². The predicted octanol–water partition coefficient (Wildman–Crippen LogP) is 5.85. The molecule has 2 heterocycles. The molecular weight excluding hydrogens is 388 g/mol. The van der Waals surface area contributed by atoms with Crippen LogP contribution in [0.4, 0.5) is 11.5 Å². The highest BCUT2D eigenvalue weighted by atomic mass is 79.9. The highest BCUT2D eigenvalue weighted by molar-refractivity contribution is 9.10. The molecule has 1 N–H and O–H groups in total. The largest absolute Gasteiger partial charge is 0.340 e. The molecule has 5 heteroatoms. The summed E-state index contributed by atoms with van der Waals surface area (Å²) >= 11 is 3.48. The van der Waals surface area contributed by atoms with Crippen LogP contribution in [0, 0.1) is 0 Å². The van der Waals surface area contributed by atoms with Gasteiger partial charge in [-0.3, -0.25) is 0 Å². The van der Waals surface area contributed by atoms with Gasteiger partial charge in [0.05, 0.1) is 6.20 Å². The minimum atomic E-state index is 0.877. The van der Waals surface area contributed by atoms with Crippen molar-refractivity contribution >= 4 is 33.1 Å². The second-order valence-corrected chi connectivity index (χ2v) is 7.09. The maximum Gasteiger partial charge on any atom is 0.165 e. The van der Waals surface area contributed by atoms with Crippen molar-refractivity contribution in [2.24, 2.45) is 0 Å². The molecule has 0 aliphatic rings. The van der Waals surface area contributed by atoms with E-state index in [0.717, 1.165) is 51.3 Å². The molecule has 0 spiro atoms. The lowest BCUT2D eigenvalue weighted by molar-refractivity contribution is 0.862. The summed E-state index contributed by atoms with van der Waals surface area (Å²) in [5.74, 6) is 0.919. The van der Waals surface area contributed by atoms with E-state index in [0.29, 0.717) is 0 Å². The van der Waals surface area contributed by atoms with Gasteiger partial charge in [-0.1, -0.05) is 59.6 Å². The van der Waals surface area contributed by atoms with E-state index >= 15 is 0 Å². The molecule has 0 aliphatic carbocycles. The van der Waals surface area contributed by atoms with Gasteiger partial charge in [0.1, 0.15) is 5.82 Å². The lowest BCUT2D eigenvalue weighted by atomic mass is 10.1. The summed E-state index contributed by atoms with van der Waals surface area (Å²) in [5, 5.41) is 8.07. The van der Waals surface area contributed by atoms with Crippen molar-refractivity contribution in [1.82, 2.24) is 14.6 Å². The molecular formula is C21H19BrN4. The Kier molecular flexibility index (Phi) is 4.71. The van der Waals surface area contributed by atoms with Crippen LogP contribution >= 0.6 is 15.9 Å². The number of nitrogens with zero attached hydrogens (tertiary/aromatic N) is 3. The second-order valence-electron chi connectivity index (χ2n) is 6.17. The average Bonchev–Trinajstić information content (AvgIpc) is 3.09. The standard InChI is InChI=1S/C21H19BrN4/c1-2-6-18-13-20(24-17-11-9-16(22)10-12-17)26-21(25-18)19(14-23-26)15-7-4-3-5-8-15/h3-5,7-14,24H,2,6H2,1H3. The van der Waals surface area contributed by atoms with Gasteiger partial charge >= 0.3 is 0 Å². The highest BCUT2D eigenvalue weighted by Crippen LogP contribution is 2.27. The van der Waals surface area contributed by atoms with E-state index in [1.165, 1.54) is 0 Å². The summed E-state index contributed by atoms with van der Waals surface area (Å²) < 4.78 is 2.93. The first-order valence-corrected chi connectivity index (χ1v) is 9.49. The highest BCUT2D eigenvalue weighted by Gasteiger charge is 2.13. The van der Waals surface area contributed by atoms with E-state index in [1.807, 2.05) is 53.2 Å². The zero-order valence-corrected chi connectivity index (χ0v) is 16.1.